The zero-order valence-electron chi connectivity index (χ0n) is 8.02. The molecule has 0 aromatic heterocycles. The van der Waals surface area contributed by atoms with Crippen molar-refractivity contribution in [2.24, 2.45) is 5.73 Å². The summed E-state index contributed by atoms with van der Waals surface area (Å²) in [5.74, 6) is 0.0463. The van der Waals surface area contributed by atoms with E-state index in [1.54, 1.807) is 0 Å². The number of hydrogen-bond donors (Lipinski definition) is 3. The summed E-state index contributed by atoms with van der Waals surface area (Å²) >= 11 is 0. The summed E-state index contributed by atoms with van der Waals surface area (Å²) in [4.78, 5) is 11.4. The maximum atomic E-state index is 11.4. The fourth-order valence-corrected chi connectivity index (χ4v) is 1.11. The van der Waals surface area contributed by atoms with Crippen LogP contribution in [0.15, 0.2) is 11.1 Å². The Morgan fingerprint density at radius 2 is 2.31 bits per heavy atom. The fourth-order valence-electron chi connectivity index (χ4n) is 1.11. The predicted octanol–water partition coefficient (Wildman–Crippen LogP) is -0.629. The Kier molecular flexibility index (Phi) is 3.92. The lowest BCUT2D eigenvalue weighted by Gasteiger charge is -2.21. The molecule has 74 valence electrons. The maximum Gasteiger partial charge on any atom is 0.246 e. The minimum Gasteiger partial charge on any atom is -0.352 e. The molecule has 0 saturated carbocycles. The van der Waals surface area contributed by atoms with Gasteiger partial charge in [0.25, 0.3) is 0 Å². The summed E-state index contributed by atoms with van der Waals surface area (Å²) in [6, 6.07) is 0. The Labute approximate surface area is 78.6 Å². The van der Waals surface area contributed by atoms with E-state index in [0.717, 1.165) is 25.1 Å². The van der Waals surface area contributed by atoms with Crippen LogP contribution in [-0.2, 0) is 4.79 Å². The fraction of sp³-hybridized carbons (Fsp3) is 0.667. The van der Waals surface area contributed by atoms with Gasteiger partial charge in [-0.1, -0.05) is 0 Å². The molecule has 4 N–H and O–H groups in total. The van der Waals surface area contributed by atoms with Gasteiger partial charge in [-0.3, -0.25) is 4.79 Å². The van der Waals surface area contributed by atoms with Gasteiger partial charge in [0, 0.05) is 25.2 Å². The summed E-state index contributed by atoms with van der Waals surface area (Å²) in [6.45, 7) is 4.88. The topological polar surface area (TPSA) is 67.2 Å². The number of rotatable bonds is 4. The molecule has 0 aliphatic carbocycles. The van der Waals surface area contributed by atoms with Gasteiger partial charge in [-0.05, 0) is 25.5 Å². The molecule has 0 radical (unpaired) electrons. The summed E-state index contributed by atoms with van der Waals surface area (Å²) in [6.07, 6.45) is 0.840. The van der Waals surface area contributed by atoms with Crippen LogP contribution >= 0.6 is 0 Å². The second-order valence-electron chi connectivity index (χ2n) is 3.23. The van der Waals surface area contributed by atoms with E-state index in [9.17, 15) is 4.79 Å². The summed E-state index contributed by atoms with van der Waals surface area (Å²) in [5, 5.41) is 5.93. The highest BCUT2D eigenvalue weighted by molar-refractivity contribution is 5.93. The number of hydrogen-bond acceptors (Lipinski definition) is 3. The van der Waals surface area contributed by atoms with Crippen LogP contribution < -0.4 is 16.4 Å². The van der Waals surface area contributed by atoms with Crippen molar-refractivity contribution >= 4 is 5.91 Å². The van der Waals surface area contributed by atoms with Crippen molar-refractivity contribution in [3.63, 3.8) is 0 Å². The summed E-state index contributed by atoms with van der Waals surface area (Å²) in [5.41, 5.74) is 7.39. The van der Waals surface area contributed by atoms with E-state index in [-0.39, 0.29) is 5.91 Å². The number of nitrogens with one attached hydrogen (secondary N) is 2. The zero-order valence-corrected chi connectivity index (χ0v) is 8.02. The van der Waals surface area contributed by atoms with Crippen molar-refractivity contribution in [1.29, 1.82) is 0 Å². The van der Waals surface area contributed by atoms with Crippen LogP contribution in [0.25, 0.3) is 0 Å². The Morgan fingerprint density at radius 3 is 2.77 bits per heavy atom. The number of carbonyl (C=O) groups is 1. The summed E-state index contributed by atoms with van der Waals surface area (Å²) in [7, 11) is 0. The van der Waals surface area contributed by atoms with Crippen LogP contribution in [0.3, 0.4) is 0 Å². The summed E-state index contributed by atoms with van der Waals surface area (Å²) < 4.78 is 0. The van der Waals surface area contributed by atoms with Gasteiger partial charge < -0.3 is 16.4 Å². The van der Waals surface area contributed by atoms with Gasteiger partial charge in [0.2, 0.25) is 5.91 Å². The van der Waals surface area contributed by atoms with E-state index in [2.05, 4.69) is 10.6 Å². The highest BCUT2D eigenvalue weighted by atomic mass is 16.1. The van der Waals surface area contributed by atoms with Crippen molar-refractivity contribution in [1.82, 2.24) is 10.6 Å². The number of carbonyl (C=O) groups excluding carboxylic acids is 1. The van der Waals surface area contributed by atoms with Crippen LogP contribution in [-0.4, -0.2) is 32.1 Å². The van der Waals surface area contributed by atoms with Gasteiger partial charge >= 0.3 is 0 Å². The first-order chi connectivity index (χ1) is 6.25. The SMILES string of the molecule is CC(C(=O)NCCCN)=C1CNC1. The standard InChI is InChI=1S/C9H17N3O/c1-7(8-5-11-6-8)9(13)12-4-2-3-10/h11H,2-6,10H2,1H3,(H,12,13). The van der Waals surface area contributed by atoms with Gasteiger partial charge in [-0.2, -0.15) is 0 Å². The van der Waals surface area contributed by atoms with Crippen LogP contribution in [0.2, 0.25) is 0 Å². The molecular weight excluding hydrogens is 166 g/mol. The highest BCUT2D eigenvalue weighted by Gasteiger charge is 2.15. The molecule has 1 amide bonds. The molecule has 0 atom stereocenters. The molecule has 1 aliphatic heterocycles. The Balaban J connectivity index is 2.30. The number of amides is 1. The largest absolute Gasteiger partial charge is 0.352 e. The van der Waals surface area contributed by atoms with E-state index < -0.39 is 0 Å². The molecular formula is C9H17N3O. The first-order valence-electron chi connectivity index (χ1n) is 4.63. The smallest absolute Gasteiger partial charge is 0.246 e. The molecule has 1 saturated heterocycles. The zero-order chi connectivity index (χ0) is 9.68. The minimum absolute atomic E-state index is 0.0463. The lowest BCUT2D eigenvalue weighted by Crippen LogP contribution is -2.38. The van der Waals surface area contributed by atoms with Crippen molar-refractivity contribution in [3.8, 4) is 0 Å². The van der Waals surface area contributed by atoms with E-state index in [0.29, 0.717) is 13.1 Å². The second kappa shape index (κ2) is 4.99. The van der Waals surface area contributed by atoms with E-state index in [1.807, 2.05) is 6.92 Å². The molecule has 0 aromatic rings. The Morgan fingerprint density at radius 1 is 1.62 bits per heavy atom. The van der Waals surface area contributed by atoms with Gasteiger partial charge in [-0.25, -0.2) is 0 Å². The van der Waals surface area contributed by atoms with Crippen LogP contribution in [0.5, 0.6) is 0 Å². The molecule has 4 nitrogen and oxygen atoms in total. The van der Waals surface area contributed by atoms with E-state index in [1.165, 1.54) is 5.57 Å². The van der Waals surface area contributed by atoms with Gasteiger partial charge in [-0.15, -0.1) is 0 Å². The van der Waals surface area contributed by atoms with Crippen LogP contribution in [0.1, 0.15) is 13.3 Å². The van der Waals surface area contributed by atoms with Crippen LogP contribution in [0.4, 0.5) is 0 Å². The second-order valence-corrected chi connectivity index (χ2v) is 3.23. The number of nitrogens with two attached hydrogens (primary N) is 1. The molecule has 0 spiro atoms. The molecule has 1 aliphatic rings. The predicted molar refractivity (Wildman–Crippen MR) is 52.3 cm³/mol. The van der Waals surface area contributed by atoms with Gasteiger partial charge in [0.15, 0.2) is 0 Å². The van der Waals surface area contributed by atoms with Crippen molar-refractivity contribution in [3.05, 3.63) is 11.1 Å². The normalized spacial score (nSPS) is 15.1. The highest BCUT2D eigenvalue weighted by Crippen LogP contribution is 2.08. The average Bonchev–Trinajstić information content (AvgIpc) is 2.01. The first kappa shape index (κ1) is 10.2. The lowest BCUT2D eigenvalue weighted by molar-refractivity contribution is -0.117. The minimum atomic E-state index is 0.0463. The van der Waals surface area contributed by atoms with Crippen molar-refractivity contribution < 1.29 is 4.79 Å². The third-order valence-electron chi connectivity index (χ3n) is 2.21. The third-order valence-corrected chi connectivity index (χ3v) is 2.21. The third kappa shape index (κ3) is 2.82. The van der Waals surface area contributed by atoms with Crippen LogP contribution in [0, 0.1) is 0 Å². The lowest BCUT2D eigenvalue weighted by atomic mass is 10.0. The van der Waals surface area contributed by atoms with Crippen molar-refractivity contribution in [2.75, 3.05) is 26.2 Å². The molecule has 0 aromatic carbocycles. The quantitative estimate of drug-likeness (QED) is 0.401. The molecule has 4 heteroatoms. The maximum absolute atomic E-state index is 11.4. The molecule has 13 heavy (non-hydrogen) atoms. The first-order valence-corrected chi connectivity index (χ1v) is 4.63. The molecule has 1 fully saturated rings. The van der Waals surface area contributed by atoms with E-state index in [4.69, 9.17) is 5.73 Å². The average molecular weight is 183 g/mol. The molecule has 0 bridgehead atoms. The van der Waals surface area contributed by atoms with Gasteiger partial charge in [0.05, 0.1) is 0 Å². The monoisotopic (exact) mass is 183 g/mol. The van der Waals surface area contributed by atoms with E-state index >= 15 is 0 Å². The Bertz CT molecular complexity index is 217. The molecule has 1 rings (SSSR count). The molecule has 1 heterocycles. The Hall–Kier alpha value is -0.870. The molecule has 0 unspecified atom stereocenters. The van der Waals surface area contributed by atoms with Crippen molar-refractivity contribution in [2.45, 2.75) is 13.3 Å². The van der Waals surface area contributed by atoms with Gasteiger partial charge in [0.1, 0.15) is 0 Å².